The number of carbonyl (C=O) groups excluding carboxylic acids is 2. The van der Waals surface area contributed by atoms with Gasteiger partial charge in [-0.25, -0.2) is 0 Å². The Hall–Kier alpha value is -1.69. The van der Waals surface area contributed by atoms with E-state index in [2.05, 4.69) is 10.6 Å². The van der Waals surface area contributed by atoms with Crippen LogP contribution in [0.2, 0.25) is 0 Å². The summed E-state index contributed by atoms with van der Waals surface area (Å²) in [7, 11) is 0. The van der Waals surface area contributed by atoms with Crippen molar-refractivity contribution in [3.05, 3.63) is 24.3 Å². The van der Waals surface area contributed by atoms with E-state index in [4.69, 9.17) is 5.73 Å². The molecule has 1 fully saturated rings. The second-order valence-corrected chi connectivity index (χ2v) is 4.40. The molecule has 1 saturated heterocycles. The van der Waals surface area contributed by atoms with Crippen molar-refractivity contribution in [3.63, 3.8) is 0 Å². The van der Waals surface area contributed by atoms with Gasteiger partial charge in [0.25, 0.3) is 5.24 Å². The molecule has 1 aromatic rings. The third-order valence-corrected chi connectivity index (χ3v) is 3.02. The lowest BCUT2D eigenvalue weighted by Crippen LogP contribution is -2.38. The highest BCUT2D eigenvalue weighted by atomic mass is 32.2. The van der Waals surface area contributed by atoms with Gasteiger partial charge in [0, 0.05) is 17.1 Å². The van der Waals surface area contributed by atoms with Crippen LogP contribution in [0.1, 0.15) is 0 Å². The minimum absolute atomic E-state index is 0.160. The molecule has 16 heavy (non-hydrogen) atoms. The Morgan fingerprint density at radius 3 is 3.00 bits per heavy atom. The fraction of sp³-hybridized carbons (Fsp3) is 0.200. The summed E-state index contributed by atoms with van der Waals surface area (Å²) in [5.74, 6) is 0.247. The van der Waals surface area contributed by atoms with Crippen LogP contribution in [0.25, 0.3) is 0 Å². The summed E-state index contributed by atoms with van der Waals surface area (Å²) >= 11 is 1.11. The fourth-order valence-corrected chi connectivity index (χ4v) is 2.15. The number of nitrogens with two attached hydrogens (primary N) is 1. The average Bonchev–Trinajstić information content (AvgIpc) is 2.65. The van der Waals surface area contributed by atoms with E-state index in [1.165, 1.54) is 0 Å². The van der Waals surface area contributed by atoms with Crippen LogP contribution in [-0.4, -0.2) is 22.9 Å². The van der Waals surface area contributed by atoms with Gasteiger partial charge in [0.15, 0.2) is 0 Å². The summed E-state index contributed by atoms with van der Waals surface area (Å²) in [6, 6.07) is 6.45. The highest BCUT2D eigenvalue weighted by Gasteiger charge is 2.27. The molecule has 2 amide bonds. The second kappa shape index (κ2) is 4.44. The third-order valence-electron chi connectivity index (χ3n) is 2.14. The van der Waals surface area contributed by atoms with Gasteiger partial charge in [-0.2, -0.15) is 0 Å². The van der Waals surface area contributed by atoms with Crippen LogP contribution in [0.3, 0.4) is 0 Å². The molecule has 2 rings (SSSR count). The van der Waals surface area contributed by atoms with Gasteiger partial charge < -0.3 is 16.4 Å². The van der Waals surface area contributed by atoms with Crippen LogP contribution in [0.15, 0.2) is 24.3 Å². The first-order valence-electron chi connectivity index (χ1n) is 4.75. The number of thioether (sulfide) groups is 1. The highest BCUT2D eigenvalue weighted by Crippen LogP contribution is 2.16. The first-order valence-corrected chi connectivity index (χ1v) is 5.73. The van der Waals surface area contributed by atoms with Crippen LogP contribution in [-0.2, 0) is 4.79 Å². The first kappa shape index (κ1) is 10.8. The van der Waals surface area contributed by atoms with E-state index in [9.17, 15) is 9.59 Å². The van der Waals surface area contributed by atoms with Crippen LogP contribution >= 0.6 is 11.8 Å². The molecule has 0 spiro atoms. The molecule has 1 atom stereocenters. The maximum absolute atomic E-state index is 11.7. The zero-order valence-electron chi connectivity index (χ0n) is 8.40. The van der Waals surface area contributed by atoms with Crippen molar-refractivity contribution in [3.8, 4) is 0 Å². The molecular weight excluding hydrogens is 226 g/mol. The van der Waals surface area contributed by atoms with Crippen molar-refractivity contribution < 1.29 is 9.59 Å². The molecular formula is C10H11N3O2S. The molecule has 6 heteroatoms. The predicted molar refractivity (Wildman–Crippen MR) is 64.3 cm³/mol. The van der Waals surface area contributed by atoms with E-state index >= 15 is 0 Å². The summed E-state index contributed by atoms with van der Waals surface area (Å²) in [6.07, 6.45) is 0. The Bertz CT molecular complexity index is 436. The topological polar surface area (TPSA) is 84.2 Å². The number of hydrogen-bond donors (Lipinski definition) is 3. The predicted octanol–water partition coefficient (Wildman–Crippen LogP) is 1.03. The minimum atomic E-state index is -0.459. The zero-order chi connectivity index (χ0) is 11.5. The quantitative estimate of drug-likeness (QED) is 0.671. The monoisotopic (exact) mass is 237 g/mol. The molecule has 0 bridgehead atoms. The summed E-state index contributed by atoms with van der Waals surface area (Å²) < 4.78 is 0. The Labute approximate surface area is 96.8 Å². The summed E-state index contributed by atoms with van der Waals surface area (Å²) in [5.41, 5.74) is 6.81. The number of benzene rings is 1. The first-order chi connectivity index (χ1) is 7.65. The lowest BCUT2D eigenvalue weighted by molar-refractivity contribution is -0.117. The van der Waals surface area contributed by atoms with E-state index in [1.54, 1.807) is 24.3 Å². The third kappa shape index (κ3) is 2.46. The zero-order valence-corrected chi connectivity index (χ0v) is 9.21. The molecule has 84 valence electrons. The number of carbonyl (C=O) groups is 2. The molecule has 5 nitrogen and oxygen atoms in total. The summed E-state index contributed by atoms with van der Waals surface area (Å²) in [5, 5.41) is 5.11. The van der Waals surface area contributed by atoms with E-state index < -0.39 is 6.04 Å². The number of anilines is 2. The number of nitrogens with one attached hydrogen (secondary N) is 2. The van der Waals surface area contributed by atoms with Gasteiger partial charge in [0.2, 0.25) is 5.91 Å². The van der Waals surface area contributed by atoms with Gasteiger partial charge in [-0.1, -0.05) is 17.8 Å². The number of amides is 2. The smallest absolute Gasteiger partial charge is 0.279 e. The molecule has 0 aromatic heterocycles. The van der Waals surface area contributed by atoms with E-state index in [0.29, 0.717) is 17.1 Å². The largest absolute Gasteiger partial charge is 0.399 e. The molecule has 0 radical (unpaired) electrons. The molecule has 1 aliphatic heterocycles. The van der Waals surface area contributed by atoms with Gasteiger partial charge in [-0.05, 0) is 18.2 Å². The highest BCUT2D eigenvalue weighted by molar-refractivity contribution is 8.14. The average molecular weight is 237 g/mol. The van der Waals surface area contributed by atoms with Crippen molar-refractivity contribution in [2.24, 2.45) is 0 Å². The standard InChI is InChI=1S/C10H11N3O2S/c11-6-2-1-3-7(4-6)12-9(14)8-5-16-10(15)13-8/h1-4,8H,5,11H2,(H,12,14)(H,13,15)/t8-/m1/s1. The normalized spacial score (nSPS) is 19.2. The molecule has 0 unspecified atom stereocenters. The molecule has 1 aliphatic rings. The number of hydrogen-bond acceptors (Lipinski definition) is 4. The molecule has 4 N–H and O–H groups in total. The maximum Gasteiger partial charge on any atom is 0.279 e. The van der Waals surface area contributed by atoms with E-state index in [-0.39, 0.29) is 11.1 Å². The summed E-state index contributed by atoms with van der Waals surface area (Å²) in [4.78, 5) is 22.6. The van der Waals surface area contributed by atoms with Crippen molar-refractivity contribution in [2.75, 3.05) is 16.8 Å². The minimum Gasteiger partial charge on any atom is -0.399 e. The Kier molecular flexibility index (Phi) is 3.00. The molecule has 0 aliphatic carbocycles. The Morgan fingerprint density at radius 2 is 2.38 bits per heavy atom. The van der Waals surface area contributed by atoms with Crippen molar-refractivity contribution in [1.29, 1.82) is 0 Å². The van der Waals surface area contributed by atoms with E-state index in [1.807, 2.05) is 0 Å². The van der Waals surface area contributed by atoms with E-state index in [0.717, 1.165) is 11.8 Å². The van der Waals surface area contributed by atoms with Crippen molar-refractivity contribution >= 4 is 34.3 Å². The van der Waals surface area contributed by atoms with Crippen molar-refractivity contribution in [1.82, 2.24) is 5.32 Å². The molecule has 0 saturated carbocycles. The maximum atomic E-state index is 11.7. The van der Waals surface area contributed by atoms with Gasteiger partial charge in [-0.15, -0.1) is 0 Å². The van der Waals surface area contributed by atoms with Gasteiger partial charge in [-0.3, -0.25) is 9.59 Å². The Morgan fingerprint density at radius 1 is 1.56 bits per heavy atom. The lowest BCUT2D eigenvalue weighted by atomic mass is 10.2. The fourth-order valence-electron chi connectivity index (χ4n) is 1.37. The molecule has 1 heterocycles. The summed E-state index contributed by atoms with van der Waals surface area (Å²) in [6.45, 7) is 0. The van der Waals surface area contributed by atoms with Crippen LogP contribution in [0, 0.1) is 0 Å². The number of nitrogen functional groups attached to an aromatic ring is 1. The van der Waals surface area contributed by atoms with Gasteiger partial charge in [0.1, 0.15) is 6.04 Å². The SMILES string of the molecule is Nc1cccc(NC(=O)[C@H]2CSC(=O)N2)c1. The van der Waals surface area contributed by atoms with Crippen LogP contribution in [0.5, 0.6) is 0 Å². The van der Waals surface area contributed by atoms with Crippen LogP contribution < -0.4 is 16.4 Å². The molecule has 1 aromatic carbocycles. The van der Waals surface area contributed by atoms with Crippen LogP contribution in [0.4, 0.5) is 16.2 Å². The van der Waals surface area contributed by atoms with Crippen molar-refractivity contribution in [2.45, 2.75) is 6.04 Å². The van der Waals surface area contributed by atoms with Gasteiger partial charge in [0.05, 0.1) is 0 Å². The lowest BCUT2D eigenvalue weighted by Gasteiger charge is -2.10. The second-order valence-electron chi connectivity index (χ2n) is 3.41. The Balaban J connectivity index is 1.99. The van der Waals surface area contributed by atoms with Gasteiger partial charge >= 0.3 is 0 Å². The number of rotatable bonds is 2.